The van der Waals surface area contributed by atoms with Crippen LogP contribution in [-0.4, -0.2) is 16.2 Å². The van der Waals surface area contributed by atoms with Gasteiger partial charge in [0, 0.05) is 45.9 Å². The van der Waals surface area contributed by atoms with Crippen LogP contribution < -0.4 is 14.5 Å². The van der Waals surface area contributed by atoms with Crippen LogP contribution in [0, 0.1) is 0 Å². The standard InChI is InChI=1S/C70H68N4O/c1-67(2,3)50-34-37-71-65(42-50)74-61-27-15-14-26-55(61)56-32-31-54(44-64(56)74)75-53-25-19-24-52(43-53)72-45-73(63-29-17-16-28-62(63)72)66-57(48-23-18-22-47(38-48)46-20-12-11-13-21-46)40-51(68(4,5)6)41-58(66)49-30-33-59-60(39-49)70(9,10)36-35-69(59,7)8/h11-34,37-44H,35-36,45H2,1-10H3/i11D,12D,13D,14D,15D,18D,20D,21D,22D,23D,26D,27D,30D,33D,38D,39D. The number of ether oxygens (including phenoxy) is 1. The molecular weight excluding hydrogens is 913 g/mol. The van der Waals surface area contributed by atoms with Crippen molar-refractivity contribution >= 4 is 44.6 Å². The Kier molecular flexibility index (Phi) is 7.91. The topological polar surface area (TPSA) is 33.5 Å². The third-order valence-electron chi connectivity index (χ3n) is 15.0. The second-order valence-electron chi connectivity index (χ2n) is 23.2. The molecule has 75 heavy (non-hydrogen) atoms. The summed E-state index contributed by atoms with van der Waals surface area (Å²) in [7, 11) is 0. The Labute approximate surface area is 466 Å². The summed E-state index contributed by atoms with van der Waals surface area (Å²) in [6.45, 7) is 20.4. The van der Waals surface area contributed by atoms with Crippen LogP contribution >= 0.6 is 0 Å². The van der Waals surface area contributed by atoms with Crippen LogP contribution in [0.3, 0.4) is 0 Å². The molecular formula is C70H68N4O. The van der Waals surface area contributed by atoms with Gasteiger partial charge in [0.2, 0.25) is 0 Å². The molecule has 1 aliphatic heterocycles. The third-order valence-corrected chi connectivity index (χ3v) is 15.0. The van der Waals surface area contributed by atoms with Gasteiger partial charge < -0.3 is 14.5 Å². The van der Waals surface area contributed by atoms with Gasteiger partial charge in [-0.2, -0.15) is 0 Å². The minimum absolute atomic E-state index is 0.0179. The lowest BCUT2D eigenvalue weighted by atomic mass is 9.63. The molecule has 0 bridgehead atoms. The minimum Gasteiger partial charge on any atom is -0.457 e. The molecule has 0 saturated heterocycles. The Morgan fingerprint density at radius 1 is 0.520 bits per heavy atom. The summed E-state index contributed by atoms with van der Waals surface area (Å²) in [4.78, 5) is 8.74. The summed E-state index contributed by atoms with van der Waals surface area (Å²) >= 11 is 0. The van der Waals surface area contributed by atoms with Crippen molar-refractivity contribution in [2.75, 3.05) is 16.5 Å². The molecule has 8 aromatic carbocycles. The third kappa shape index (κ3) is 8.66. The smallest absolute Gasteiger partial charge is 0.137 e. The van der Waals surface area contributed by atoms with Crippen molar-refractivity contribution in [1.82, 2.24) is 9.55 Å². The first-order valence-corrected chi connectivity index (χ1v) is 25.5. The maximum absolute atomic E-state index is 10.4. The molecule has 0 saturated carbocycles. The molecule has 2 aliphatic rings. The van der Waals surface area contributed by atoms with Gasteiger partial charge in [-0.25, -0.2) is 4.98 Å². The SMILES string of the molecule is [2H]c1c([2H])c([2H])c(-c2c([2H])c([2H])c([2H])c(-c3cc(C(C)(C)C)cc(-c4c([2H])c([2H])c5c(c4[2H])C(C)(C)CCC5(C)C)c3N3CN(c4cccc(Oc5ccc6c7c([2H])c([2H])c([2H])c([2H])c7n(-c7cc(C(C)(C)C)ccn7)c6c5)c4)c4ccccc43)c2[2H])c([2H])c1[2H]. The number of pyridine rings is 1. The second-order valence-corrected chi connectivity index (χ2v) is 23.2. The zero-order valence-electron chi connectivity index (χ0n) is 60.1. The van der Waals surface area contributed by atoms with E-state index in [0.29, 0.717) is 85.0 Å². The lowest BCUT2D eigenvalue weighted by molar-refractivity contribution is 0.332. The molecule has 3 heterocycles. The molecule has 2 aromatic heterocycles. The lowest BCUT2D eigenvalue weighted by Gasteiger charge is -2.42. The largest absolute Gasteiger partial charge is 0.457 e. The van der Waals surface area contributed by atoms with E-state index in [1.54, 1.807) is 41.1 Å². The van der Waals surface area contributed by atoms with Crippen molar-refractivity contribution in [3.05, 3.63) is 216 Å². The van der Waals surface area contributed by atoms with E-state index in [2.05, 4.69) is 34.6 Å². The first-order chi connectivity index (χ1) is 42.6. The fraction of sp³-hybridized carbons (Fsp3) is 0.243. The molecule has 0 radical (unpaired) electrons. The van der Waals surface area contributed by atoms with E-state index in [4.69, 9.17) is 22.1 Å². The van der Waals surface area contributed by atoms with Crippen molar-refractivity contribution in [1.29, 1.82) is 0 Å². The number of para-hydroxylation sites is 3. The van der Waals surface area contributed by atoms with Gasteiger partial charge in [0.25, 0.3) is 0 Å². The summed E-state index contributed by atoms with van der Waals surface area (Å²) in [6.07, 6.45) is 3.12. The van der Waals surface area contributed by atoms with Crippen LogP contribution in [0.4, 0.5) is 22.7 Å². The van der Waals surface area contributed by atoms with Gasteiger partial charge >= 0.3 is 0 Å². The molecule has 0 amide bonds. The average molecular weight is 997 g/mol. The lowest BCUT2D eigenvalue weighted by Crippen LogP contribution is -2.33. The van der Waals surface area contributed by atoms with Crippen LogP contribution in [-0.2, 0) is 21.7 Å². The fourth-order valence-corrected chi connectivity index (χ4v) is 10.6. The quantitative estimate of drug-likeness (QED) is 0.152. The Morgan fingerprint density at radius 2 is 1.17 bits per heavy atom. The molecule has 5 heteroatoms. The van der Waals surface area contributed by atoms with E-state index in [1.807, 2.05) is 105 Å². The molecule has 0 atom stereocenters. The average Bonchev–Trinajstić information content (AvgIpc) is 1.62. The Morgan fingerprint density at radius 3 is 1.92 bits per heavy atom. The maximum atomic E-state index is 10.4. The van der Waals surface area contributed by atoms with E-state index in [0.717, 1.165) is 12.0 Å². The van der Waals surface area contributed by atoms with Crippen molar-refractivity contribution in [2.45, 2.75) is 104 Å². The van der Waals surface area contributed by atoms with E-state index in [1.165, 1.54) is 0 Å². The van der Waals surface area contributed by atoms with Gasteiger partial charge in [-0.05, 0) is 152 Å². The number of fused-ring (bicyclic) bond motifs is 5. The van der Waals surface area contributed by atoms with Crippen molar-refractivity contribution in [3.63, 3.8) is 0 Å². The molecule has 5 nitrogen and oxygen atoms in total. The maximum Gasteiger partial charge on any atom is 0.137 e. The number of aromatic nitrogens is 2. The second kappa shape index (κ2) is 17.9. The Balaban J connectivity index is 1.08. The van der Waals surface area contributed by atoms with E-state index < -0.39 is 81.8 Å². The van der Waals surface area contributed by atoms with Crippen LogP contribution in [0.15, 0.2) is 194 Å². The number of nitrogens with zero attached hydrogens (tertiary/aromatic N) is 4. The monoisotopic (exact) mass is 997 g/mol. The predicted molar refractivity (Wildman–Crippen MR) is 316 cm³/mol. The highest BCUT2D eigenvalue weighted by atomic mass is 16.5. The molecule has 0 fully saturated rings. The van der Waals surface area contributed by atoms with Gasteiger partial charge in [0.15, 0.2) is 0 Å². The van der Waals surface area contributed by atoms with Crippen LogP contribution in [0.5, 0.6) is 11.5 Å². The normalized spacial score (nSPS) is 18.1. The molecule has 10 aromatic rings. The highest BCUT2D eigenvalue weighted by Crippen LogP contribution is 2.54. The summed E-state index contributed by atoms with van der Waals surface area (Å²) in [5, 5.41) is 0.911. The number of rotatable bonds is 8. The van der Waals surface area contributed by atoms with Crippen LogP contribution in [0.2, 0.25) is 0 Å². The van der Waals surface area contributed by atoms with Gasteiger partial charge in [-0.1, -0.05) is 172 Å². The zero-order chi connectivity index (χ0) is 65.9. The first kappa shape index (κ1) is 33.1. The highest BCUT2D eigenvalue weighted by Gasteiger charge is 2.38. The van der Waals surface area contributed by atoms with E-state index >= 15 is 0 Å². The van der Waals surface area contributed by atoms with Gasteiger partial charge in [0.1, 0.15) is 24.0 Å². The van der Waals surface area contributed by atoms with Crippen molar-refractivity contribution in [3.8, 4) is 50.7 Å². The van der Waals surface area contributed by atoms with Crippen molar-refractivity contribution in [2.24, 2.45) is 0 Å². The minimum atomic E-state index is -0.707. The molecule has 0 spiro atoms. The van der Waals surface area contributed by atoms with Crippen LogP contribution in [0.1, 0.15) is 126 Å². The van der Waals surface area contributed by atoms with Gasteiger partial charge in [-0.15, -0.1) is 0 Å². The van der Waals surface area contributed by atoms with E-state index in [-0.39, 0.29) is 76.6 Å². The molecule has 0 N–H and O–H groups in total. The Bertz CT molecular complexity index is 4760. The summed E-state index contributed by atoms with van der Waals surface area (Å²) in [5.41, 5.74) is 3.37. The summed E-state index contributed by atoms with van der Waals surface area (Å²) < 4.78 is 157. The van der Waals surface area contributed by atoms with E-state index in [9.17, 15) is 9.60 Å². The summed E-state index contributed by atoms with van der Waals surface area (Å²) in [5.74, 6) is 1.27. The van der Waals surface area contributed by atoms with Gasteiger partial charge in [0.05, 0.1) is 50.0 Å². The van der Waals surface area contributed by atoms with Crippen LogP contribution in [0.25, 0.3) is 61.0 Å². The van der Waals surface area contributed by atoms with Crippen molar-refractivity contribution < 1.29 is 26.7 Å². The molecule has 1 aliphatic carbocycles. The molecule has 0 unspecified atom stereocenters. The molecule has 374 valence electrons. The van der Waals surface area contributed by atoms with Gasteiger partial charge in [-0.3, -0.25) is 4.57 Å². The Hall–Kier alpha value is -7.89. The zero-order valence-corrected chi connectivity index (χ0v) is 44.1. The predicted octanol–water partition coefficient (Wildman–Crippen LogP) is 19.2. The highest BCUT2D eigenvalue weighted by molar-refractivity contribution is 6.09. The first-order valence-electron chi connectivity index (χ1n) is 33.5. The number of anilines is 4. The number of benzene rings is 8. The fourth-order valence-electron chi connectivity index (χ4n) is 10.6. The number of hydrogen-bond acceptors (Lipinski definition) is 4. The molecule has 12 rings (SSSR count). The number of hydrogen-bond donors (Lipinski definition) is 0. The summed E-state index contributed by atoms with van der Waals surface area (Å²) in [6, 6.07) is 20.7.